The molecule has 1 nitrogen and oxygen atoms in total. The fourth-order valence-electron chi connectivity index (χ4n) is 4.16. The van der Waals surface area contributed by atoms with Gasteiger partial charge in [-0.3, -0.25) is 0 Å². The molecule has 1 aliphatic heterocycles. The van der Waals surface area contributed by atoms with Crippen LogP contribution in [0.2, 0.25) is 5.02 Å². The summed E-state index contributed by atoms with van der Waals surface area (Å²) in [5, 5.41) is 4.45. The van der Waals surface area contributed by atoms with Crippen LogP contribution in [0.5, 0.6) is 0 Å². The van der Waals surface area contributed by atoms with E-state index in [0.717, 1.165) is 11.6 Å². The SMILES string of the molecule is CC1(C)CCC2(CCNCC2c2ccc(Cl)cc2)CC1. The zero-order chi connectivity index (χ0) is 14.2. The second-order valence-electron chi connectivity index (χ2n) is 7.58. The van der Waals surface area contributed by atoms with Crippen LogP contribution in [0.15, 0.2) is 24.3 Å². The molecule has 0 bridgehead atoms. The molecule has 1 aromatic rings. The van der Waals surface area contributed by atoms with Gasteiger partial charge >= 0.3 is 0 Å². The van der Waals surface area contributed by atoms with Crippen LogP contribution < -0.4 is 5.32 Å². The highest BCUT2D eigenvalue weighted by Gasteiger charge is 2.45. The van der Waals surface area contributed by atoms with Crippen LogP contribution in [0.3, 0.4) is 0 Å². The lowest BCUT2D eigenvalue weighted by atomic mass is 9.56. The number of halogens is 1. The first kappa shape index (κ1) is 14.4. The average Bonchev–Trinajstić information content (AvgIpc) is 2.44. The monoisotopic (exact) mass is 291 g/mol. The third-order valence-corrected chi connectivity index (χ3v) is 6.01. The van der Waals surface area contributed by atoms with E-state index in [1.54, 1.807) is 0 Å². The van der Waals surface area contributed by atoms with E-state index in [4.69, 9.17) is 11.6 Å². The summed E-state index contributed by atoms with van der Waals surface area (Å²) in [4.78, 5) is 0. The van der Waals surface area contributed by atoms with Crippen molar-refractivity contribution in [1.82, 2.24) is 5.32 Å². The molecule has 1 aliphatic carbocycles. The summed E-state index contributed by atoms with van der Waals surface area (Å²) in [6.07, 6.45) is 6.84. The Bertz CT molecular complexity index is 453. The Hall–Kier alpha value is -0.530. The van der Waals surface area contributed by atoms with Gasteiger partial charge in [0.2, 0.25) is 0 Å². The van der Waals surface area contributed by atoms with E-state index in [1.165, 1.54) is 44.2 Å². The second kappa shape index (κ2) is 5.35. The molecule has 3 rings (SSSR count). The number of hydrogen-bond donors (Lipinski definition) is 1. The van der Waals surface area contributed by atoms with Gasteiger partial charge in [-0.1, -0.05) is 37.6 Å². The Balaban J connectivity index is 1.86. The van der Waals surface area contributed by atoms with Crippen LogP contribution in [0.1, 0.15) is 57.4 Å². The first-order valence-electron chi connectivity index (χ1n) is 7.97. The molecule has 1 atom stereocenters. The van der Waals surface area contributed by atoms with Crippen molar-refractivity contribution in [3.63, 3.8) is 0 Å². The molecule has 2 fully saturated rings. The zero-order valence-corrected chi connectivity index (χ0v) is 13.5. The van der Waals surface area contributed by atoms with Crippen LogP contribution in [-0.2, 0) is 0 Å². The van der Waals surface area contributed by atoms with E-state index >= 15 is 0 Å². The summed E-state index contributed by atoms with van der Waals surface area (Å²) < 4.78 is 0. The Kier molecular flexibility index (Phi) is 3.85. The average molecular weight is 292 g/mol. The minimum absolute atomic E-state index is 0.522. The third kappa shape index (κ3) is 2.76. The number of rotatable bonds is 1. The molecule has 1 unspecified atom stereocenters. The van der Waals surface area contributed by atoms with Crippen molar-refractivity contribution in [3.05, 3.63) is 34.9 Å². The molecular formula is C18H26ClN. The molecule has 110 valence electrons. The van der Waals surface area contributed by atoms with E-state index in [1.807, 2.05) is 12.1 Å². The molecule has 2 heteroatoms. The van der Waals surface area contributed by atoms with Crippen molar-refractivity contribution in [3.8, 4) is 0 Å². The predicted molar refractivity (Wildman–Crippen MR) is 86.4 cm³/mol. The summed E-state index contributed by atoms with van der Waals surface area (Å²) in [6.45, 7) is 7.17. The number of benzene rings is 1. The van der Waals surface area contributed by atoms with Crippen LogP contribution in [0.4, 0.5) is 0 Å². The lowest BCUT2D eigenvalue weighted by Crippen LogP contribution is -2.46. The molecule has 1 aromatic carbocycles. The lowest BCUT2D eigenvalue weighted by molar-refractivity contribution is 0.0499. The van der Waals surface area contributed by atoms with Gasteiger partial charge in [-0.25, -0.2) is 0 Å². The molecule has 1 heterocycles. The summed E-state index contributed by atoms with van der Waals surface area (Å²) >= 11 is 6.05. The van der Waals surface area contributed by atoms with Gasteiger partial charge < -0.3 is 5.32 Å². The summed E-state index contributed by atoms with van der Waals surface area (Å²) in [6, 6.07) is 8.57. The fraction of sp³-hybridized carbons (Fsp3) is 0.667. The maximum atomic E-state index is 6.05. The van der Waals surface area contributed by atoms with E-state index < -0.39 is 0 Å². The quantitative estimate of drug-likeness (QED) is 0.767. The highest BCUT2D eigenvalue weighted by atomic mass is 35.5. The Morgan fingerprint density at radius 3 is 2.30 bits per heavy atom. The largest absolute Gasteiger partial charge is 0.316 e. The molecular weight excluding hydrogens is 266 g/mol. The molecule has 0 aromatic heterocycles. The topological polar surface area (TPSA) is 12.0 Å². The van der Waals surface area contributed by atoms with Crippen LogP contribution in [0.25, 0.3) is 0 Å². The highest BCUT2D eigenvalue weighted by Crippen LogP contribution is 2.54. The van der Waals surface area contributed by atoms with Gasteiger partial charge in [-0.15, -0.1) is 0 Å². The van der Waals surface area contributed by atoms with Crippen molar-refractivity contribution >= 4 is 11.6 Å². The smallest absolute Gasteiger partial charge is 0.0406 e. The summed E-state index contributed by atoms with van der Waals surface area (Å²) in [5.41, 5.74) is 2.54. The van der Waals surface area contributed by atoms with Crippen molar-refractivity contribution in [2.75, 3.05) is 13.1 Å². The van der Waals surface area contributed by atoms with E-state index in [0.29, 0.717) is 16.7 Å². The van der Waals surface area contributed by atoms with Crippen molar-refractivity contribution < 1.29 is 0 Å². The van der Waals surface area contributed by atoms with Gasteiger partial charge in [0.15, 0.2) is 0 Å². The highest BCUT2D eigenvalue weighted by molar-refractivity contribution is 6.30. The Morgan fingerprint density at radius 2 is 1.65 bits per heavy atom. The summed E-state index contributed by atoms with van der Waals surface area (Å²) in [7, 11) is 0. The van der Waals surface area contributed by atoms with Gasteiger partial charge in [0.05, 0.1) is 0 Å². The van der Waals surface area contributed by atoms with E-state index in [9.17, 15) is 0 Å². The molecule has 1 N–H and O–H groups in total. The minimum Gasteiger partial charge on any atom is -0.316 e. The third-order valence-electron chi connectivity index (χ3n) is 5.76. The molecule has 0 amide bonds. The Morgan fingerprint density at radius 1 is 1.00 bits per heavy atom. The van der Waals surface area contributed by atoms with Gasteiger partial charge in [0.1, 0.15) is 0 Å². The molecule has 20 heavy (non-hydrogen) atoms. The zero-order valence-electron chi connectivity index (χ0n) is 12.7. The molecule has 1 saturated carbocycles. The van der Waals surface area contributed by atoms with Gasteiger partial charge in [0, 0.05) is 17.5 Å². The van der Waals surface area contributed by atoms with Gasteiger partial charge in [-0.05, 0) is 67.2 Å². The van der Waals surface area contributed by atoms with Crippen molar-refractivity contribution in [2.24, 2.45) is 10.8 Å². The maximum Gasteiger partial charge on any atom is 0.0406 e. The van der Waals surface area contributed by atoms with Gasteiger partial charge in [0.25, 0.3) is 0 Å². The van der Waals surface area contributed by atoms with Crippen LogP contribution in [-0.4, -0.2) is 13.1 Å². The van der Waals surface area contributed by atoms with Crippen molar-refractivity contribution in [1.29, 1.82) is 0 Å². The number of piperidine rings is 1. The second-order valence-corrected chi connectivity index (χ2v) is 8.02. The van der Waals surface area contributed by atoms with E-state index in [2.05, 4.69) is 31.3 Å². The molecule has 2 aliphatic rings. The number of hydrogen-bond acceptors (Lipinski definition) is 1. The van der Waals surface area contributed by atoms with Gasteiger partial charge in [-0.2, -0.15) is 0 Å². The minimum atomic E-state index is 0.522. The normalized spacial score (nSPS) is 28.4. The standard InChI is InChI=1S/C18H26ClN/c1-17(2)7-9-18(10-8-17)11-12-20-13-16(18)14-3-5-15(19)6-4-14/h3-6,16,20H,7-13H2,1-2H3. The maximum absolute atomic E-state index is 6.05. The Labute approximate surface area is 128 Å². The first-order valence-corrected chi connectivity index (χ1v) is 8.35. The van der Waals surface area contributed by atoms with Crippen LogP contribution >= 0.6 is 11.6 Å². The fourth-order valence-corrected chi connectivity index (χ4v) is 4.29. The van der Waals surface area contributed by atoms with E-state index in [-0.39, 0.29) is 0 Å². The predicted octanol–water partition coefficient (Wildman–Crippen LogP) is 5.00. The first-order chi connectivity index (χ1) is 9.51. The molecule has 0 radical (unpaired) electrons. The van der Waals surface area contributed by atoms with Crippen LogP contribution in [0, 0.1) is 10.8 Å². The molecule has 1 spiro atoms. The lowest BCUT2D eigenvalue weighted by Gasteiger charge is -2.51. The number of nitrogens with one attached hydrogen (secondary N) is 1. The van der Waals surface area contributed by atoms with Crippen molar-refractivity contribution in [2.45, 2.75) is 51.9 Å². The molecule has 1 saturated heterocycles. The summed E-state index contributed by atoms with van der Waals surface area (Å²) in [5.74, 6) is 0.657.